The van der Waals surface area contributed by atoms with Crippen molar-refractivity contribution in [1.29, 1.82) is 0 Å². The number of hydrogen-bond acceptors (Lipinski definition) is 4. The summed E-state index contributed by atoms with van der Waals surface area (Å²) >= 11 is 11.7. The summed E-state index contributed by atoms with van der Waals surface area (Å²) in [5.74, 6) is 0.507. The van der Waals surface area contributed by atoms with E-state index >= 15 is 0 Å². The largest absolute Gasteiger partial charge is 0.459 e. The summed E-state index contributed by atoms with van der Waals surface area (Å²) in [5, 5.41) is 2.09. The molecule has 0 fully saturated rings. The zero-order valence-corrected chi connectivity index (χ0v) is 19.9. The van der Waals surface area contributed by atoms with Crippen LogP contribution in [-0.4, -0.2) is 11.0 Å². The van der Waals surface area contributed by atoms with Gasteiger partial charge in [0.05, 0.1) is 11.6 Å². The monoisotopic (exact) mass is 471 g/mol. The summed E-state index contributed by atoms with van der Waals surface area (Å²) < 4.78 is 11.8. The molecule has 0 amide bonds. The number of fused-ring (bicyclic) bond motifs is 1. The van der Waals surface area contributed by atoms with Gasteiger partial charge in [0, 0.05) is 11.5 Å². The maximum Gasteiger partial charge on any atom is 0.310 e. The number of ether oxygens (including phenoxy) is 2. The van der Waals surface area contributed by atoms with Crippen LogP contribution in [0.25, 0.3) is 10.8 Å². The molecule has 0 aliphatic heterocycles. The van der Waals surface area contributed by atoms with E-state index in [1.165, 1.54) is 0 Å². The minimum atomic E-state index is -0.345. The first-order chi connectivity index (χ1) is 15.4. The van der Waals surface area contributed by atoms with Crippen molar-refractivity contribution < 1.29 is 14.3 Å². The minimum Gasteiger partial charge on any atom is -0.459 e. The van der Waals surface area contributed by atoms with E-state index in [2.05, 4.69) is 4.98 Å². The molecule has 0 saturated heterocycles. The number of pyridine rings is 1. The van der Waals surface area contributed by atoms with Crippen LogP contribution < -0.4 is 4.74 Å². The molecule has 0 spiro atoms. The molecule has 3 aromatic rings. The predicted molar refractivity (Wildman–Crippen MR) is 130 cm³/mol. The topological polar surface area (TPSA) is 48.4 Å². The molecule has 0 radical (unpaired) electrons. The molecule has 3 rings (SSSR count). The Morgan fingerprint density at radius 3 is 2.47 bits per heavy atom. The van der Waals surface area contributed by atoms with Gasteiger partial charge in [-0.15, -0.1) is 0 Å². The standard InChI is InChI=1S/C26H27Cl2NO3/c1-4-18(15-23(27)28)25(17(2)3)26(30)31-16-20-11-8-14-24(29-20)32-22-13-7-10-19-9-5-6-12-21(19)22/h5-15,17-18,25H,4,16H2,1-3H3. The lowest BCUT2D eigenvalue weighted by Gasteiger charge is -2.25. The van der Waals surface area contributed by atoms with Crippen LogP contribution in [0.2, 0.25) is 0 Å². The third kappa shape index (κ3) is 6.24. The summed E-state index contributed by atoms with van der Waals surface area (Å²) in [7, 11) is 0. The summed E-state index contributed by atoms with van der Waals surface area (Å²) in [4.78, 5) is 17.4. The van der Waals surface area contributed by atoms with E-state index in [1.54, 1.807) is 18.2 Å². The quantitative estimate of drug-likeness (QED) is 0.300. The van der Waals surface area contributed by atoms with Crippen molar-refractivity contribution in [2.75, 3.05) is 0 Å². The van der Waals surface area contributed by atoms with Gasteiger partial charge < -0.3 is 9.47 Å². The molecule has 6 heteroatoms. The molecule has 0 aliphatic carbocycles. The van der Waals surface area contributed by atoms with Crippen LogP contribution in [0.15, 0.2) is 71.2 Å². The molecule has 32 heavy (non-hydrogen) atoms. The summed E-state index contributed by atoms with van der Waals surface area (Å²) in [6.45, 7) is 6.03. The van der Waals surface area contributed by atoms with Gasteiger partial charge >= 0.3 is 5.97 Å². The van der Waals surface area contributed by atoms with Crippen molar-refractivity contribution in [3.63, 3.8) is 0 Å². The van der Waals surface area contributed by atoms with Crippen LogP contribution in [0.1, 0.15) is 32.9 Å². The highest BCUT2D eigenvalue weighted by Crippen LogP contribution is 2.30. The van der Waals surface area contributed by atoms with Crippen LogP contribution in [0.4, 0.5) is 0 Å². The van der Waals surface area contributed by atoms with E-state index < -0.39 is 0 Å². The smallest absolute Gasteiger partial charge is 0.310 e. The number of hydrogen-bond donors (Lipinski definition) is 0. The highest BCUT2D eigenvalue weighted by molar-refractivity contribution is 6.55. The van der Waals surface area contributed by atoms with Crippen molar-refractivity contribution >= 4 is 39.9 Å². The second-order valence-corrected chi connectivity index (χ2v) is 8.96. The van der Waals surface area contributed by atoms with Crippen molar-refractivity contribution in [2.24, 2.45) is 17.8 Å². The normalized spacial score (nSPS) is 12.9. The highest BCUT2D eigenvalue weighted by Gasteiger charge is 2.30. The summed E-state index contributed by atoms with van der Waals surface area (Å²) in [6, 6.07) is 19.3. The van der Waals surface area contributed by atoms with Crippen LogP contribution in [0.3, 0.4) is 0 Å². The Hall–Kier alpha value is -2.56. The lowest BCUT2D eigenvalue weighted by Crippen LogP contribution is -2.29. The molecule has 0 aliphatic rings. The van der Waals surface area contributed by atoms with Crippen molar-refractivity contribution in [3.8, 4) is 11.6 Å². The van der Waals surface area contributed by atoms with Gasteiger partial charge in [0.15, 0.2) is 0 Å². The third-order valence-electron chi connectivity index (χ3n) is 5.37. The number of aromatic nitrogens is 1. The average molecular weight is 472 g/mol. The molecular weight excluding hydrogens is 445 g/mol. The fraction of sp³-hybridized carbons (Fsp3) is 0.308. The van der Waals surface area contributed by atoms with Crippen LogP contribution >= 0.6 is 23.2 Å². The van der Waals surface area contributed by atoms with Gasteiger partial charge in [-0.05, 0) is 35.8 Å². The Bertz CT molecular complexity index is 1090. The van der Waals surface area contributed by atoms with Crippen LogP contribution in [0.5, 0.6) is 11.6 Å². The average Bonchev–Trinajstić information content (AvgIpc) is 2.77. The van der Waals surface area contributed by atoms with E-state index in [-0.39, 0.29) is 34.8 Å². The van der Waals surface area contributed by atoms with E-state index in [4.69, 9.17) is 32.7 Å². The predicted octanol–water partition coefficient (Wildman–Crippen LogP) is 7.69. The Morgan fingerprint density at radius 1 is 1.03 bits per heavy atom. The molecule has 4 nitrogen and oxygen atoms in total. The first-order valence-electron chi connectivity index (χ1n) is 10.7. The first kappa shape index (κ1) is 24.1. The Labute approximate surface area is 199 Å². The summed E-state index contributed by atoms with van der Waals surface area (Å²) in [6.07, 6.45) is 2.44. The van der Waals surface area contributed by atoms with Gasteiger partial charge in [-0.1, -0.05) is 92.5 Å². The Morgan fingerprint density at radius 2 is 1.75 bits per heavy atom. The van der Waals surface area contributed by atoms with Gasteiger partial charge in [0.25, 0.3) is 0 Å². The molecule has 2 unspecified atom stereocenters. The lowest BCUT2D eigenvalue weighted by molar-refractivity contribution is -0.153. The first-order valence-corrected chi connectivity index (χ1v) is 11.5. The molecule has 2 atom stereocenters. The highest BCUT2D eigenvalue weighted by atomic mass is 35.5. The number of carbonyl (C=O) groups excluding carboxylic acids is 1. The van der Waals surface area contributed by atoms with Gasteiger partial charge in [0.2, 0.25) is 5.88 Å². The van der Waals surface area contributed by atoms with E-state index in [1.807, 2.05) is 69.3 Å². The van der Waals surface area contributed by atoms with E-state index in [0.717, 1.165) is 22.9 Å². The SMILES string of the molecule is CCC(C=C(Cl)Cl)C(C(=O)OCc1cccc(Oc2cccc3ccccc23)n1)C(C)C. The molecule has 1 heterocycles. The maximum atomic E-state index is 12.9. The molecule has 1 aromatic heterocycles. The maximum absolute atomic E-state index is 12.9. The van der Waals surface area contributed by atoms with Crippen molar-refractivity contribution in [3.05, 3.63) is 76.9 Å². The minimum absolute atomic E-state index is 0.0591. The second kappa shape index (κ2) is 11.3. The molecule has 0 bridgehead atoms. The second-order valence-electron chi connectivity index (χ2n) is 7.95. The number of nitrogens with zero attached hydrogens (tertiary/aromatic N) is 1. The fourth-order valence-electron chi connectivity index (χ4n) is 3.81. The number of carbonyl (C=O) groups is 1. The number of halogens is 2. The molecule has 0 N–H and O–H groups in total. The van der Waals surface area contributed by atoms with Crippen LogP contribution in [0, 0.1) is 17.8 Å². The molecular formula is C26H27Cl2NO3. The van der Waals surface area contributed by atoms with Crippen molar-refractivity contribution in [2.45, 2.75) is 33.8 Å². The van der Waals surface area contributed by atoms with Gasteiger partial charge in [-0.25, -0.2) is 4.98 Å². The molecule has 0 saturated carbocycles. The van der Waals surface area contributed by atoms with Gasteiger partial charge in [-0.3, -0.25) is 4.79 Å². The van der Waals surface area contributed by atoms with Gasteiger partial charge in [-0.2, -0.15) is 0 Å². The summed E-state index contributed by atoms with van der Waals surface area (Å²) in [5.41, 5.74) is 0.609. The fourth-order valence-corrected chi connectivity index (χ4v) is 4.14. The number of benzene rings is 2. The van der Waals surface area contributed by atoms with Crippen molar-refractivity contribution in [1.82, 2.24) is 4.98 Å². The zero-order chi connectivity index (χ0) is 23.1. The van der Waals surface area contributed by atoms with E-state index in [9.17, 15) is 4.79 Å². The third-order valence-corrected chi connectivity index (χ3v) is 5.62. The van der Waals surface area contributed by atoms with Gasteiger partial charge in [0.1, 0.15) is 16.8 Å². The lowest BCUT2D eigenvalue weighted by atomic mass is 9.82. The zero-order valence-electron chi connectivity index (χ0n) is 18.4. The molecule has 168 valence electrons. The Kier molecular flexibility index (Phi) is 8.54. The number of rotatable bonds is 9. The van der Waals surface area contributed by atoms with Crippen LogP contribution in [-0.2, 0) is 16.1 Å². The Balaban J connectivity index is 1.71. The van der Waals surface area contributed by atoms with E-state index in [0.29, 0.717) is 11.6 Å². The number of allylic oxidation sites excluding steroid dienone is 1. The molecule has 2 aromatic carbocycles. The number of esters is 1.